The van der Waals surface area contributed by atoms with E-state index in [1.165, 1.54) is 30.9 Å². The van der Waals surface area contributed by atoms with Gasteiger partial charge in [-0.1, -0.05) is 55.8 Å². The summed E-state index contributed by atoms with van der Waals surface area (Å²) in [6, 6.07) is 14.5. The van der Waals surface area contributed by atoms with Crippen LogP contribution in [-0.2, 0) is 5.60 Å². The summed E-state index contributed by atoms with van der Waals surface area (Å²) in [4.78, 5) is 0. The van der Waals surface area contributed by atoms with Crippen molar-refractivity contribution in [2.24, 2.45) is 0 Å². The van der Waals surface area contributed by atoms with Gasteiger partial charge in [0.15, 0.2) is 0 Å². The summed E-state index contributed by atoms with van der Waals surface area (Å²) < 4.78 is 14.1. The van der Waals surface area contributed by atoms with Crippen LogP contribution in [0.5, 0.6) is 0 Å². The second kappa shape index (κ2) is 5.61. The molecule has 0 amide bonds. The van der Waals surface area contributed by atoms with Crippen molar-refractivity contribution in [1.82, 2.24) is 0 Å². The smallest absolute Gasteiger partial charge is 0.129 e. The van der Waals surface area contributed by atoms with Gasteiger partial charge < -0.3 is 5.11 Å². The molecular formula is C19H21FO. The molecule has 0 bridgehead atoms. The average Bonchev–Trinajstić information content (AvgIpc) is 2.46. The van der Waals surface area contributed by atoms with Gasteiger partial charge in [0.25, 0.3) is 0 Å². The van der Waals surface area contributed by atoms with E-state index in [4.69, 9.17) is 0 Å². The van der Waals surface area contributed by atoms with E-state index in [0.717, 1.165) is 5.56 Å². The van der Waals surface area contributed by atoms with Crippen LogP contribution in [0, 0.1) is 5.82 Å². The van der Waals surface area contributed by atoms with Crippen molar-refractivity contribution in [3.8, 4) is 0 Å². The first kappa shape index (κ1) is 14.3. The molecule has 1 fully saturated rings. The van der Waals surface area contributed by atoms with E-state index >= 15 is 0 Å². The van der Waals surface area contributed by atoms with Gasteiger partial charge in [-0.15, -0.1) is 0 Å². The lowest BCUT2D eigenvalue weighted by Gasteiger charge is -2.30. The highest BCUT2D eigenvalue weighted by molar-refractivity contribution is 5.38. The summed E-state index contributed by atoms with van der Waals surface area (Å²) in [6.07, 6.45) is 4.26. The molecule has 1 nitrogen and oxygen atoms in total. The van der Waals surface area contributed by atoms with E-state index in [1.54, 1.807) is 18.2 Å². The zero-order valence-corrected chi connectivity index (χ0v) is 12.3. The summed E-state index contributed by atoms with van der Waals surface area (Å²) in [5.74, 6) is 0.312. The summed E-state index contributed by atoms with van der Waals surface area (Å²) in [5, 5.41) is 11.0. The van der Waals surface area contributed by atoms with Crippen molar-refractivity contribution in [2.75, 3.05) is 0 Å². The normalized spacial score (nSPS) is 18.0. The summed E-state index contributed by atoms with van der Waals surface area (Å²) in [6.45, 7) is 1.88. The first-order chi connectivity index (χ1) is 10.1. The molecule has 0 spiro atoms. The molecule has 1 unspecified atom stereocenters. The lowest BCUT2D eigenvalue weighted by atomic mass is 9.78. The topological polar surface area (TPSA) is 20.2 Å². The van der Waals surface area contributed by atoms with Gasteiger partial charge >= 0.3 is 0 Å². The van der Waals surface area contributed by atoms with E-state index in [-0.39, 0.29) is 5.82 Å². The van der Waals surface area contributed by atoms with Crippen molar-refractivity contribution in [3.05, 3.63) is 71.0 Å². The minimum Gasteiger partial charge on any atom is -0.380 e. The van der Waals surface area contributed by atoms with Crippen LogP contribution in [0.1, 0.15) is 55.2 Å². The molecule has 2 aromatic rings. The Balaban J connectivity index is 1.97. The Morgan fingerprint density at radius 1 is 1.10 bits per heavy atom. The van der Waals surface area contributed by atoms with E-state index in [2.05, 4.69) is 12.1 Å². The third-order valence-electron chi connectivity index (χ3n) is 4.80. The third kappa shape index (κ3) is 2.49. The minimum absolute atomic E-state index is 0.351. The lowest BCUT2D eigenvalue weighted by molar-refractivity contribution is 0.0725. The molecule has 2 heteroatoms. The summed E-state index contributed by atoms with van der Waals surface area (Å²) >= 11 is 0. The summed E-state index contributed by atoms with van der Waals surface area (Å²) in [7, 11) is 0. The molecule has 21 heavy (non-hydrogen) atoms. The zero-order valence-electron chi connectivity index (χ0n) is 12.3. The molecule has 1 aliphatic carbocycles. The van der Waals surface area contributed by atoms with E-state index in [0.29, 0.717) is 17.9 Å². The Bertz CT molecular complexity index is 616. The first-order valence-corrected chi connectivity index (χ1v) is 7.73. The highest BCUT2D eigenvalue weighted by Gasteiger charge is 2.32. The fourth-order valence-corrected chi connectivity index (χ4v) is 3.12. The van der Waals surface area contributed by atoms with Crippen LogP contribution in [0.4, 0.5) is 4.39 Å². The van der Waals surface area contributed by atoms with Crippen molar-refractivity contribution < 1.29 is 9.50 Å². The van der Waals surface area contributed by atoms with Crippen LogP contribution in [0.3, 0.4) is 0 Å². The minimum atomic E-state index is -1.26. The number of hydrogen-bond acceptors (Lipinski definition) is 1. The Labute approximate surface area is 125 Å². The third-order valence-corrected chi connectivity index (χ3v) is 4.80. The van der Waals surface area contributed by atoms with Crippen LogP contribution in [-0.4, -0.2) is 5.11 Å². The number of hydrogen-bond donors (Lipinski definition) is 1. The fraction of sp³-hybridized carbons (Fsp3) is 0.368. The molecule has 3 rings (SSSR count). The number of benzene rings is 2. The van der Waals surface area contributed by atoms with Gasteiger partial charge in [-0.05, 0) is 42.4 Å². The first-order valence-electron chi connectivity index (χ1n) is 7.73. The Kier molecular flexibility index (Phi) is 3.81. The molecule has 0 aromatic heterocycles. The highest BCUT2D eigenvalue weighted by atomic mass is 19.1. The van der Waals surface area contributed by atoms with Gasteiger partial charge in [0.1, 0.15) is 11.4 Å². The van der Waals surface area contributed by atoms with Crippen LogP contribution in [0.25, 0.3) is 0 Å². The van der Waals surface area contributed by atoms with E-state index in [1.807, 2.05) is 19.1 Å². The Hall–Kier alpha value is -1.67. The standard InChI is InChI=1S/C19H21FO/c1-2-19(21,17-8-3-4-9-18(17)20)16-12-10-15(11-13-16)14-6-5-7-14/h3-4,8-14,21H,2,5-7H2,1H3. The van der Waals surface area contributed by atoms with Crippen molar-refractivity contribution in [3.63, 3.8) is 0 Å². The fourth-order valence-electron chi connectivity index (χ4n) is 3.12. The van der Waals surface area contributed by atoms with Crippen molar-refractivity contribution in [2.45, 2.75) is 44.1 Å². The second-order valence-electron chi connectivity index (χ2n) is 5.94. The van der Waals surface area contributed by atoms with Crippen LogP contribution in [0.15, 0.2) is 48.5 Å². The summed E-state index contributed by atoms with van der Waals surface area (Å²) in [5.41, 5.74) is 1.18. The maximum atomic E-state index is 14.1. The van der Waals surface area contributed by atoms with Crippen LogP contribution in [0.2, 0.25) is 0 Å². The van der Waals surface area contributed by atoms with E-state index in [9.17, 15) is 9.50 Å². The average molecular weight is 284 g/mol. The molecule has 1 atom stereocenters. The molecule has 0 radical (unpaired) electrons. The number of rotatable bonds is 4. The largest absolute Gasteiger partial charge is 0.380 e. The van der Waals surface area contributed by atoms with Crippen molar-refractivity contribution in [1.29, 1.82) is 0 Å². The molecule has 1 N–H and O–H groups in total. The predicted octanol–water partition coefficient (Wildman–Crippen LogP) is 4.74. The monoisotopic (exact) mass is 284 g/mol. The molecular weight excluding hydrogens is 263 g/mol. The molecule has 0 saturated heterocycles. The van der Waals surface area contributed by atoms with Gasteiger partial charge in [-0.3, -0.25) is 0 Å². The molecule has 2 aromatic carbocycles. The maximum absolute atomic E-state index is 14.1. The highest BCUT2D eigenvalue weighted by Crippen LogP contribution is 2.39. The second-order valence-corrected chi connectivity index (χ2v) is 5.94. The molecule has 0 aliphatic heterocycles. The van der Waals surface area contributed by atoms with Crippen LogP contribution < -0.4 is 0 Å². The predicted molar refractivity (Wildman–Crippen MR) is 82.7 cm³/mol. The van der Waals surface area contributed by atoms with Gasteiger partial charge in [0.2, 0.25) is 0 Å². The Morgan fingerprint density at radius 3 is 2.29 bits per heavy atom. The number of halogens is 1. The van der Waals surface area contributed by atoms with Gasteiger partial charge in [-0.25, -0.2) is 4.39 Å². The zero-order chi connectivity index (χ0) is 14.9. The van der Waals surface area contributed by atoms with E-state index < -0.39 is 5.60 Å². The van der Waals surface area contributed by atoms with Gasteiger partial charge in [0.05, 0.1) is 0 Å². The molecule has 1 saturated carbocycles. The molecule has 110 valence electrons. The lowest BCUT2D eigenvalue weighted by Crippen LogP contribution is -2.27. The van der Waals surface area contributed by atoms with Gasteiger partial charge in [-0.2, -0.15) is 0 Å². The Morgan fingerprint density at radius 2 is 1.76 bits per heavy atom. The number of aliphatic hydroxyl groups is 1. The van der Waals surface area contributed by atoms with Crippen LogP contribution >= 0.6 is 0 Å². The SMILES string of the molecule is CCC(O)(c1ccc(C2CCC2)cc1)c1ccccc1F. The molecule has 1 aliphatic rings. The van der Waals surface area contributed by atoms with Gasteiger partial charge in [0, 0.05) is 5.56 Å². The quantitative estimate of drug-likeness (QED) is 0.860. The van der Waals surface area contributed by atoms with Crippen molar-refractivity contribution >= 4 is 0 Å². The molecule has 0 heterocycles. The maximum Gasteiger partial charge on any atom is 0.129 e.